The molecule has 0 saturated carbocycles. The third kappa shape index (κ3) is 7.11. The van der Waals surface area contributed by atoms with Crippen molar-refractivity contribution >= 4 is 103 Å². The van der Waals surface area contributed by atoms with E-state index in [0.717, 1.165) is 31.1 Å². The molecule has 2 aromatic heterocycles. The van der Waals surface area contributed by atoms with Crippen LogP contribution in [0.25, 0.3) is 21.8 Å². The number of hydrogen-bond acceptors (Lipinski definition) is 4. The minimum absolute atomic E-state index is 0.187. The van der Waals surface area contributed by atoms with Gasteiger partial charge in [0.1, 0.15) is 11.0 Å². The average Bonchev–Trinajstić information content (AvgIpc) is 2.71. The van der Waals surface area contributed by atoms with E-state index in [0.29, 0.717) is 20.0 Å². The summed E-state index contributed by atoms with van der Waals surface area (Å²) in [5.41, 5.74) is 3.01. The summed E-state index contributed by atoms with van der Waals surface area (Å²) in [6.45, 7) is 3.79. The molecule has 4 rings (SSSR count). The van der Waals surface area contributed by atoms with Crippen LogP contribution in [0.3, 0.4) is 0 Å². The van der Waals surface area contributed by atoms with Gasteiger partial charge in [0.15, 0.2) is 11.5 Å². The van der Waals surface area contributed by atoms with E-state index in [-0.39, 0.29) is 11.5 Å². The molecule has 2 heterocycles. The van der Waals surface area contributed by atoms with E-state index in [1.54, 1.807) is 0 Å². The molecular weight excluding hydrogens is 782 g/mol. The Balaban J connectivity index is 0.000000196. The van der Waals surface area contributed by atoms with Crippen LogP contribution in [0, 0.1) is 13.8 Å². The van der Waals surface area contributed by atoms with E-state index >= 15 is 0 Å². The molecule has 0 aliphatic carbocycles. The average molecular weight is 796 g/mol. The fourth-order valence-electron chi connectivity index (χ4n) is 2.60. The zero-order chi connectivity index (χ0) is 23.3. The summed E-state index contributed by atoms with van der Waals surface area (Å²) < 4.78 is 3.14. The van der Waals surface area contributed by atoms with Crippen LogP contribution in [0.2, 0.25) is 0 Å². The number of pyridine rings is 2. The molecule has 162 valence electrons. The number of halogens is 6. The summed E-state index contributed by atoms with van der Waals surface area (Å²) >= 11 is 12.6. The Hall–Kier alpha value is 0.243. The Labute approximate surface area is 231 Å². The summed E-state index contributed by atoms with van der Waals surface area (Å²) in [4.78, 5) is 8.57. The second kappa shape index (κ2) is 12.6. The van der Waals surface area contributed by atoms with Gasteiger partial charge in [0.05, 0.1) is 8.95 Å². The molecular formula is C20H14Br4Cl2N2O2Zr. The van der Waals surface area contributed by atoms with Gasteiger partial charge in [-0.25, -0.2) is 9.97 Å². The molecule has 0 aliphatic heterocycles. The van der Waals surface area contributed by atoms with Gasteiger partial charge < -0.3 is 10.2 Å². The molecule has 0 bridgehead atoms. The molecule has 4 aromatic rings. The summed E-state index contributed by atoms with van der Waals surface area (Å²) in [6.07, 6.45) is 0. The number of rotatable bonds is 0. The summed E-state index contributed by atoms with van der Waals surface area (Å²) in [5, 5.41) is 21.4. The zero-order valence-corrected chi connectivity index (χ0v) is 26.3. The Morgan fingerprint density at radius 3 is 1.32 bits per heavy atom. The van der Waals surface area contributed by atoms with Gasteiger partial charge in [-0.1, -0.05) is 31.9 Å². The predicted octanol–water partition coefficient (Wildman–Crippen LogP) is 8.92. The first kappa shape index (κ1) is 27.5. The Kier molecular flexibility index (Phi) is 11.2. The van der Waals surface area contributed by atoms with Crippen molar-refractivity contribution in [1.82, 2.24) is 9.97 Å². The third-order valence-corrected chi connectivity index (χ3v) is 6.51. The molecule has 0 unspecified atom stereocenters. The molecule has 0 atom stereocenters. The van der Waals surface area contributed by atoms with Crippen LogP contribution in [0.5, 0.6) is 11.5 Å². The van der Waals surface area contributed by atoms with Gasteiger partial charge in [0.2, 0.25) is 0 Å². The van der Waals surface area contributed by atoms with Crippen molar-refractivity contribution in [1.29, 1.82) is 0 Å². The molecule has 31 heavy (non-hydrogen) atoms. The number of phenols is 2. The molecule has 0 spiro atoms. The topological polar surface area (TPSA) is 66.2 Å². The Morgan fingerprint density at radius 1 is 0.677 bits per heavy atom. The fraction of sp³-hybridized carbons (Fsp3) is 0.100. The van der Waals surface area contributed by atoms with Gasteiger partial charge in [0, 0.05) is 31.1 Å². The molecule has 0 saturated heterocycles. The van der Waals surface area contributed by atoms with E-state index in [4.69, 9.17) is 17.0 Å². The maximum absolute atomic E-state index is 9.78. The monoisotopic (exact) mass is 790 g/mol. The summed E-state index contributed by atoms with van der Waals surface area (Å²) in [6, 6.07) is 11.3. The van der Waals surface area contributed by atoms with Crippen molar-refractivity contribution in [3.05, 3.63) is 65.7 Å². The van der Waals surface area contributed by atoms with E-state index in [1.807, 2.05) is 50.2 Å². The Bertz CT molecular complexity index is 1150. The number of aryl methyl sites for hydroxylation is 2. The normalized spacial score (nSPS) is 10.2. The number of aromatic hydroxyl groups is 2. The van der Waals surface area contributed by atoms with Gasteiger partial charge >= 0.3 is 37.9 Å². The summed E-state index contributed by atoms with van der Waals surface area (Å²) in [5.74, 6) is 0.374. The van der Waals surface area contributed by atoms with Crippen LogP contribution in [-0.2, 0) is 20.8 Å². The van der Waals surface area contributed by atoms with Crippen LogP contribution in [-0.4, -0.2) is 20.2 Å². The minimum atomic E-state index is -0.826. The van der Waals surface area contributed by atoms with Crippen LogP contribution < -0.4 is 0 Å². The molecule has 2 aromatic carbocycles. The second-order valence-electron chi connectivity index (χ2n) is 6.15. The molecule has 11 heteroatoms. The standard InChI is InChI=1S/2C10H7Br2NO.2ClH.Zr/c2*1-5-2-3-6-7(11)4-8(12)10(14)9(6)13-5;;;/h2*2-4,14H,1H3;2*1H;/q;;;;+2/p-2. The quantitative estimate of drug-likeness (QED) is 0.187. The Morgan fingerprint density at radius 2 is 1.00 bits per heavy atom. The van der Waals surface area contributed by atoms with Gasteiger partial charge in [-0.2, -0.15) is 0 Å². The molecule has 0 fully saturated rings. The molecule has 2 N–H and O–H groups in total. The van der Waals surface area contributed by atoms with E-state index in [2.05, 4.69) is 73.7 Å². The predicted molar refractivity (Wildman–Crippen MR) is 139 cm³/mol. The maximum atomic E-state index is 9.78. The van der Waals surface area contributed by atoms with Crippen molar-refractivity contribution in [2.24, 2.45) is 0 Å². The number of hydrogen-bond donors (Lipinski definition) is 2. The number of fused-ring (bicyclic) bond motifs is 2. The number of nitrogens with zero attached hydrogens (tertiary/aromatic N) is 2. The first-order valence-electron chi connectivity index (χ1n) is 8.45. The fourth-order valence-corrected chi connectivity index (χ4v) is 5.15. The van der Waals surface area contributed by atoms with Gasteiger partial charge in [-0.05, 0) is 82.1 Å². The van der Waals surface area contributed by atoms with E-state index in [9.17, 15) is 10.2 Å². The summed E-state index contributed by atoms with van der Waals surface area (Å²) in [7, 11) is 9.87. The molecule has 0 radical (unpaired) electrons. The number of benzene rings is 2. The second-order valence-corrected chi connectivity index (χ2v) is 13.3. The van der Waals surface area contributed by atoms with Gasteiger partial charge in [-0.15, -0.1) is 0 Å². The van der Waals surface area contributed by atoms with Crippen molar-refractivity contribution in [3.8, 4) is 11.5 Å². The van der Waals surface area contributed by atoms with Crippen LogP contribution >= 0.6 is 80.7 Å². The van der Waals surface area contributed by atoms with Crippen molar-refractivity contribution in [2.45, 2.75) is 13.8 Å². The molecule has 0 aliphatic rings. The third-order valence-electron chi connectivity index (χ3n) is 3.99. The zero-order valence-electron chi connectivity index (χ0n) is 16.0. The van der Waals surface area contributed by atoms with Crippen molar-refractivity contribution in [3.63, 3.8) is 0 Å². The first-order chi connectivity index (χ1) is 14.6. The number of phenolic OH excluding ortho intramolecular Hbond substituents is 2. The first-order valence-corrected chi connectivity index (χ1v) is 18.0. The van der Waals surface area contributed by atoms with Gasteiger partial charge in [0.25, 0.3) is 0 Å². The van der Waals surface area contributed by atoms with E-state index < -0.39 is 20.8 Å². The van der Waals surface area contributed by atoms with Gasteiger partial charge in [-0.3, -0.25) is 0 Å². The molecule has 0 amide bonds. The van der Waals surface area contributed by atoms with Crippen LogP contribution in [0.1, 0.15) is 11.4 Å². The van der Waals surface area contributed by atoms with E-state index in [1.165, 1.54) is 0 Å². The van der Waals surface area contributed by atoms with Crippen molar-refractivity contribution < 1.29 is 31.1 Å². The van der Waals surface area contributed by atoms with Crippen molar-refractivity contribution in [2.75, 3.05) is 0 Å². The van der Waals surface area contributed by atoms with Crippen LogP contribution in [0.15, 0.2) is 54.3 Å². The molecule has 4 nitrogen and oxygen atoms in total. The van der Waals surface area contributed by atoms with Crippen LogP contribution in [0.4, 0.5) is 0 Å². The SMILES string of the molecule is Cc1ccc2c(Br)cc(Br)c(O)c2n1.Cc1ccc2c(Br)cc(Br)c(O)c2n1.[Cl][Zr][Cl]. The number of aromatic nitrogens is 2.